The fourth-order valence-electron chi connectivity index (χ4n) is 1.08. The summed E-state index contributed by atoms with van der Waals surface area (Å²) >= 11 is 7.10. The summed E-state index contributed by atoms with van der Waals surface area (Å²) in [6.45, 7) is 1.86. The van der Waals surface area contributed by atoms with Crippen LogP contribution in [0.25, 0.3) is 0 Å². The molecule has 0 aromatic carbocycles. The molecule has 2 heterocycles. The normalized spacial score (nSPS) is 23.3. The molecule has 1 saturated heterocycles. The third kappa shape index (κ3) is 2.17. The zero-order chi connectivity index (χ0) is 9.10. The summed E-state index contributed by atoms with van der Waals surface area (Å²) in [5.74, 6) is 0.408. The molecule has 4 nitrogen and oxygen atoms in total. The first-order chi connectivity index (χ1) is 6.40. The van der Waals surface area contributed by atoms with Crippen molar-refractivity contribution in [1.82, 2.24) is 10.2 Å². The van der Waals surface area contributed by atoms with E-state index in [-0.39, 0.29) is 6.10 Å². The van der Waals surface area contributed by atoms with E-state index < -0.39 is 0 Å². The van der Waals surface area contributed by atoms with Gasteiger partial charge in [-0.3, -0.25) is 0 Å². The van der Waals surface area contributed by atoms with Gasteiger partial charge in [0, 0.05) is 0 Å². The van der Waals surface area contributed by atoms with Crippen molar-refractivity contribution in [3.8, 4) is 0 Å². The molecule has 0 saturated carbocycles. The van der Waals surface area contributed by atoms with Gasteiger partial charge in [-0.1, -0.05) is 11.3 Å². The van der Waals surface area contributed by atoms with E-state index in [9.17, 15) is 0 Å². The molecule has 0 radical (unpaired) electrons. The smallest absolute Gasteiger partial charge is 0.148 e. The zero-order valence-corrected chi connectivity index (χ0v) is 8.48. The molecule has 0 spiro atoms. The van der Waals surface area contributed by atoms with Crippen LogP contribution < -0.4 is 0 Å². The quantitative estimate of drug-likeness (QED) is 0.707. The predicted molar refractivity (Wildman–Crippen MR) is 49.0 cm³/mol. The van der Waals surface area contributed by atoms with Crippen LogP contribution >= 0.6 is 22.9 Å². The Morgan fingerprint density at radius 1 is 1.46 bits per heavy atom. The third-order valence-electron chi connectivity index (χ3n) is 1.69. The van der Waals surface area contributed by atoms with Crippen LogP contribution in [-0.4, -0.2) is 30.0 Å². The monoisotopic (exact) mass is 220 g/mol. The van der Waals surface area contributed by atoms with Gasteiger partial charge in [-0.15, -0.1) is 21.8 Å². The summed E-state index contributed by atoms with van der Waals surface area (Å²) in [7, 11) is 0. The minimum atomic E-state index is -0.0526. The number of aromatic nitrogens is 2. The van der Waals surface area contributed by atoms with Crippen molar-refractivity contribution >= 4 is 22.9 Å². The van der Waals surface area contributed by atoms with E-state index in [0.29, 0.717) is 25.7 Å². The first-order valence-corrected chi connectivity index (χ1v) is 5.33. The second-order valence-corrected chi connectivity index (χ2v) is 3.96. The highest BCUT2D eigenvalue weighted by Gasteiger charge is 2.20. The lowest BCUT2D eigenvalue weighted by molar-refractivity contribution is -0.0903. The van der Waals surface area contributed by atoms with Crippen LogP contribution in [-0.2, 0) is 15.4 Å². The molecule has 1 aliphatic rings. The lowest BCUT2D eigenvalue weighted by Gasteiger charge is -2.20. The van der Waals surface area contributed by atoms with Gasteiger partial charge in [-0.2, -0.15) is 0 Å². The Balaban J connectivity index is 2.05. The van der Waals surface area contributed by atoms with E-state index in [0.717, 1.165) is 10.0 Å². The summed E-state index contributed by atoms with van der Waals surface area (Å²) in [6.07, 6.45) is -0.0526. The molecule has 13 heavy (non-hydrogen) atoms. The fourth-order valence-corrected chi connectivity index (χ4v) is 2.02. The molecule has 0 amide bonds. The van der Waals surface area contributed by atoms with Crippen LogP contribution in [0.15, 0.2) is 0 Å². The van der Waals surface area contributed by atoms with Gasteiger partial charge in [0.25, 0.3) is 0 Å². The van der Waals surface area contributed by atoms with Crippen molar-refractivity contribution < 1.29 is 9.47 Å². The van der Waals surface area contributed by atoms with Gasteiger partial charge in [-0.25, -0.2) is 0 Å². The van der Waals surface area contributed by atoms with E-state index in [1.807, 2.05) is 0 Å². The molecular weight excluding hydrogens is 212 g/mol. The summed E-state index contributed by atoms with van der Waals surface area (Å²) in [4.78, 5) is 0. The number of halogens is 1. The van der Waals surface area contributed by atoms with Crippen molar-refractivity contribution in [2.24, 2.45) is 0 Å². The highest BCUT2D eigenvalue weighted by Crippen LogP contribution is 2.24. The lowest BCUT2D eigenvalue weighted by Crippen LogP contribution is -2.21. The van der Waals surface area contributed by atoms with Gasteiger partial charge in [0.05, 0.1) is 25.7 Å². The molecule has 72 valence electrons. The van der Waals surface area contributed by atoms with Crippen molar-refractivity contribution in [3.63, 3.8) is 0 Å². The molecule has 1 fully saturated rings. The topological polar surface area (TPSA) is 44.2 Å². The van der Waals surface area contributed by atoms with E-state index in [2.05, 4.69) is 10.2 Å². The van der Waals surface area contributed by atoms with Crippen molar-refractivity contribution in [2.45, 2.75) is 12.0 Å². The summed E-state index contributed by atoms with van der Waals surface area (Å²) in [6, 6.07) is 0. The SMILES string of the molecule is ClCc1nnc(C2COCCO2)s1. The second-order valence-electron chi connectivity index (χ2n) is 2.60. The average molecular weight is 221 g/mol. The number of nitrogens with zero attached hydrogens (tertiary/aromatic N) is 2. The van der Waals surface area contributed by atoms with Crippen LogP contribution in [0, 0.1) is 0 Å². The van der Waals surface area contributed by atoms with Crippen LogP contribution in [0.3, 0.4) is 0 Å². The van der Waals surface area contributed by atoms with Crippen LogP contribution in [0.1, 0.15) is 16.1 Å². The van der Waals surface area contributed by atoms with Gasteiger partial charge in [-0.05, 0) is 0 Å². The number of rotatable bonds is 2. The minimum absolute atomic E-state index is 0.0526. The maximum Gasteiger partial charge on any atom is 0.148 e. The fraction of sp³-hybridized carbons (Fsp3) is 0.714. The first kappa shape index (κ1) is 9.33. The number of alkyl halides is 1. The molecule has 1 atom stereocenters. The molecule has 0 aliphatic carbocycles. The molecule has 2 rings (SSSR count). The molecule has 0 bridgehead atoms. The van der Waals surface area contributed by atoms with Gasteiger partial charge >= 0.3 is 0 Å². The zero-order valence-electron chi connectivity index (χ0n) is 6.90. The predicted octanol–water partition coefficient (Wildman–Crippen LogP) is 1.36. The Hall–Kier alpha value is -0.230. The Morgan fingerprint density at radius 2 is 2.38 bits per heavy atom. The molecule has 1 aromatic rings. The average Bonchev–Trinajstić information content (AvgIpc) is 2.67. The van der Waals surface area contributed by atoms with Crippen LogP contribution in [0.4, 0.5) is 0 Å². The highest BCUT2D eigenvalue weighted by molar-refractivity contribution is 7.11. The summed E-state index contributed by atoms with van der Waals surface area (Å²) in [5, 5.41) is 9.58. The number of ether oxygens (including phenoxy) is 2. The maximum atomic E-state index is 5.62. The van der Waals surface area contributed by atoms with Gasteiger partial charge < -0.3 is 9.47 Å². The van der Waals surface area contributed by atoms with Gasteiger partial charge in [0.1, 0.15) is 16.1 Å². The minimum Gasteiger partial charge on any atom is -0.376 e. The van der Waals surface area contributed by atoms with Crippen LogP contribution in [0.2, 0.25) is 0 Å². The maximum absolute atomic E-state index is 5.62. The van der Waals surface area contributed by atoms with Gasteiger partial charge in [0.2, 0.25) is 0 Å². The highest BCUT2D eigenvalue weighted by atomic mass is 35.5. The van der Waals surface area contributed by atoms with Crippen LogP contribution in [0.5, 0.6) is 0 Å². The number of hydrogen-bond donors (Lipinski definition) is 0. The van der Waals surface area contributed by atoms with E-state index in [4.69, 9.17) is 21.1 Å². The Bertz CT molecular complexity index is 275. The Morgan fingerprint density at radius 3 is 3.00 bits per heavy atom. The second kappa shape index (κ2) is 4.32. The lowest BCUT2D eigenvalue weighted by atomic mass is 10.4. The standard InChI is InChI=1S/C7H9ClN2O2S/c8-3-6-9-10-7(13-6)5-4-11-1-2-12-5/h5H,1-4H2. The Labute approximate surface area is 84.8 Å². The molecular formula is C7H9ClN2O2S. The van der Waals surface area contributed by atoms with E-state index in [1.165, 1.54) is 11.3 Å². The molecule has 1 aromatic heterocycles. The molecule has 0 N–H and O–H groups in total. The molecule has 1 unspecified atom stereocenters. The van der Waals surface area contributed by atoms with Gasteiger partial charge in [0.15, 0.2) is 0 Å². The largest absolute Gasteiger partial charge is 0.376 e. The van der Waals surface area contributed by atoms with Crippen molar-refractivity contribution in [2.75, 3.05) is 19.8 Å². The molecule has 6 heteroatoms. The van der Waals surface area contributed by atoms with E-state index in [1.54, 1.807) is 0 Å². The van der Waals surface area contributed by atoms with Crippen molar-refractivity contribution in [3.05, 3.63) is 10.0 Å². The van der Waals surface area contributed by atoms with Crippen molar-refractivity contribution in [1.29, 1.82) is 0 Å². The van der Waals surface area contributed by atoms with E-state index >= 15 is 0 Å². The number of hydrogen-bond acceptors (Lipinski definition) is 5. The first-order valence-electron chi connectivity index (χ1n) is 3.97. The summed E-state index contributed by atoms with van der Waals surface area (Å²) in [5.41, 5.74) is 0. The molecule has 1 aliphatic heterocycles. The summed E-state index contributed by atoms with van der Waals surface area (Å²) < 4.78 is 10.7. The third-order valence-corrected chi connectivity index (χ3v) is 3.12. The Kier molecular flexibility index (Phi) is 3.10.